The van der Waals surface area contributed by atoms with Crippen LogP contribution in [0.4, 0.5) is 16.3 Å². The summed E-state index contributed by atoms with van der Waals surface area (Å²) in [4.78, 5) is 36.9. The zero-order valence-corrected chi connectivity index (χ0v) is 24.0. The Morgan fingerprint density at radius 2 is 1.88 bits per heavy atom. The molecule has 218 valence electrons. The van der Waals surface area contributed by atoms with Crippen LogP contribution in [-0.2, 0) is 16.0 Å². The predicted octanol–water partition coefficient (Wildman–Crippen LogP) is 2.49. The average molecular weight is 564 g/mol. The highest BCUT2D eigenvalue weighted by Crippen LogP contribution is 2.34. The fraction of sp³-hybridized carbons (Fsp3) is 0.571. The van der Waals surface area contributed by atoms with Crippen molar-refractivity contribution in [2.45, 2.75) is 70.9 Å². The van der Waals surface area contributed by atoms with Crippen molar-refractivity contribution in [2.24, 2.45) is 0 Å². The maximum absolute atomic E-state index is 12.8. The minimum atomic E-state index is -0.567. The molecule has 0 aliphatic carbocycles. The number of pyridine rings is 1. The molecule has 2 amide bonds. The van der Waals surface area contributed by atoms with Gasteiger partial charge in [-0.1, -0.05) is 0 Å². The van der Waals surface area contributed by atoms with Crippen LogP contribution in [0.2, 0.25) is 0 Å². The first-order valence-corrected chi connectivity index (χ1v) is 14.2. The lowest BCUT2D eigenvalue weighted by atomic mass is 10.1. The zero-order valence-electron chi connectivity index (χ0n) is 24.0. The minimum absolute atomic E-state index is 0.0598. The van der Waals surface area contributed by atoms with Gasteiger partial charge in [-0.2, -0.15) is 10.2 Å². The highest BCUT2D eigenvalue weighted by atomic mass is 16.6. The molecule has 2 bridgehead atoms. The van der Waals surface area contributed by atoms with Gasteiger partial charge in [-0.15, -0.1) is 5.10 Å². The van der Waals surface area contributed by atoms with Crippen LogP contribution < -0.4 is 15.1 Å². The number of rotatable bonds is 5. The number of nitrogens with one attached hydrogen (secondary N) is 2. The summed E-state index contributed by atoms with van der Waals surface area (Å²) >= 11 is 0. The first-order chi connectivity index (χ1) is 19.6. The van der Waals surface area contributed by atoms with E-state index in [-0.39, 0.29) is 36.8 Å². The lowest BCUT2D eigenvalue weighted by Gasteiger charge is -2.42. The molecule has 0 aromatic carbocycles. The molecule has 3 aromatic heterocycles. The van der Waals surface area contributed by atoms with E-state index in [4.69, 9.17) is 14.5 Å². The number of anilines is 2. The van der Waals surface area contributed by atoms with E-state index >= 15 is 0 Å². The molecule has 13 heteroatoms. The van der Waals surface area contributed by atoms with Crippen molar-refractivity contribution in [3.05, 3.63) is 35.8 Å². The number of fused-ring (bicyclic) bond motifs is 3. The maximum atomic E-state index is 12.8. The van der Waals surface area contributed by atoms with Crippen LogP contribution in [0, 0.1) is 0 Å². The maximum Gasteiger partial charge on any atom is 0.410 e. The molecule has 3 aliphatic rings. The predicted molar refractivity (Wildman–Crippen MR) is 152 cm³/mol. The first-order valence-electron chi connectivity index (χ1n) is 14.2. The van der Waals surface area contributed by atoms with Crippen LogP contribution in [0.3, 0.4) is 0 Å². The summed E-state index contributed by atoms with van der Waals surface area (Å²) in [7, 11) is 0. The van der Waals surface area contributed by atoms with Gasteiger partial charge in [0.1, 0.15) is 33.8 Å². The van der Waals surface area contributed by atoms with Crippen LogP contribution in [0.25, 0.3) is 11.0 Å². The largest absolute Gasteiger partial charge is 0.444 e. The second-order valence-electron chi connectivity index (χ2n) is 12.0. The molecule has 3 fully saturated rings. The number of morpholine rings is 1. The van der Waals surface area contributed by atoms with E-state index in [1.54, 1.807) is 11.0 Å². The normalized spacial score (nSPS) is 22.7. The average Bonchev–Trinajstić information content (AvgIpc) is 3.60. The number of amides is 2. The Morgan fingerprint density at radius 1 is 1.10 bits per heavy atom. The third kappa shape index (κ3) is 5.76. The number of aromatic amines is 1. The van der Waals surface area contributed by atoms with Gasteiger partial charge >= 0.3 is 6.09 Å². The Bertz CT molecular complexity index is 1410. The number of hydrogen-bond donors (Lipinski definition) is 2. The van der Waals surface area contributed by atoms with Crippen molar-refractivity contribution in [3.8, 4) is 0 Å². The summed E-state index contributed by atoms with van der Waals surface area (Å²) in [5, 5.41) is 18.5. The lowest BCUT2D eigenvalue weighted by Crippen LogP contribution is -2.55. The molecule has 2 unspecified atom stereocenters. The smallest absolute Gasteiger partial charge is 0.410 e. The van der Waals surface area contributed by atoms with Crippen LogP contribution in [0.15, 0.2) is 24.4 Å². The molecule has 3 aromatic rings. The number of carbonyl (C=O) groups is 2. The van der Waals surface area contributed by atoms with Gasteiger partial charge in [0.25, 0.3) is 5.91 Å². The van der Waals surface area contributed by atoms with E-state index in [0.717, 1.165) is 43.0 Å². The van der Waals surface area contributed by atoms with E-state index in [1.165, 1.54) is 6.20 Å². The molecule has 3 saturated heterocycles. The number of hydrogen-bond acceptors (Lipinski definition) is 10. The molecule has 6 heterocycles. The number of aromatic nitrogens is 5. The highest BCUT2D eigenvalue weighted by molar-refractivity contribution is 5.93. The molecule has 0 radical (unpaired) electrons. The number of H-pyrrole nitrogens is 1. The monoisotopic (exact) mass is 563 g/mol. The van der Waals surface area contributed by atoms with Crippen LogP contribution in [0.1, 0.15) is 56.7 Å². The van der Waals surface area contributed by atoms with E-state index in [1.807, 2.05) is 32.9 Å². The second kappa shape index (κ2) is 10.8. The number of nitrogens with zero attached hydrogens (tertiary/aromatic N) is 7. The second-order valence-corrected chi connectivity index (χ2v) is 12.0. The van der Waals surface area contributed by atoms with Gasteiger partial charge in [-0.05, 0) is 58.7 Å². The van der Waals surface area contributed by atoms with Gasteiger partial charge in [0.2, 0.25) is 0 Å². The van der Waals surface area contributed by atoms with Crippen molar-refractivity contribution in [2.75, 3.05) is 42.5 Å². The molecular weight excluding hydrogens is 526 g/mol. The quantitative estimate of drug-likeness (QED) is 0.475. The van der Waals surface area contributed by atoms with Crippen LogP contribution in [0.5, 0.6) is 0 Å². The van der Waals surface area contributed by atoms with Gasteiger partial charge in [-0.3, -0.25) is 9.89 Å². The SMILES string of the molecule is C[C@@H]1CN(C(=O)OC(C)(C)C)CCN1c1c(CNC(=O)c2ccn[nH]2)nnc2ccc(N3CC4CCC(C3)O4)nc12. The fourth-order valence-electron chi connectivity index (χ4n) is 5.82. The first kappa shape index (κ1) is 27.2. The molecule has 6 rings (SSSR count). The van der Waals surface area contributed by atoms with Crippen molar-refractivity contribution in [3.63, 3.8) is 0 Å². The summed E-state index contributed by atoms with van der Waals surface area (Å²) in [5.41, 5.74) is 2.61. The Morgan fingerprint density at radius 3 is 2.56 bits per heavy atom. The molecular formula is C28H37N9O4. The molecule has 2 N–H and O–H groups in total. The van der Waals surface area contributed by atoms with Crippen LogP contribution in [-0.4, -0.2) is 98.9 Å². The number of carbonyl (C=O) groups excluding carboxylic acids is 2. The minimum Gasteiger partial charge on any atom is -0.444 e. The summed E-state index contributed by atoms with van der Waals surface area (Å²) in [6.45, 7) is 11.0. The Balaban J connectivity index is 1.33. The van der Waals surface area contributed by atoms with Crippen molar-refractivity contribution in [1.29, 1.82) is 0 Å². The van der Waals surface area contributed by atoms with Crippen LogP contribution >= 0.6 is 0 Å². The number of ether oxygens (including phenoxy) is 2. The summed E-state index contributed by atoms with van der Waals surface area (Å²) < 4.78 is 11.7. The highest BCUT2D eigenvalue weighted by Gasteiger charge is 2.35. The number of piperazine rings is 1. The molecule has 0 spiro atoms. The van der Waals surface area contributed by atoms with E-state index in [0.29, 0.717) is 36.5 Å². The summed E-state index contributed by atoms with van der Waals surface area (Å²) in [6.07, 6.45) is 3.82. The Labute approximate surface area is 238 Å². The van der Waals surface area contributed by atoms with Gasteiger partial charge in [0.15, 0.2) is 0 Å². The third-order valence-electron chi connectivity index (χ3n) is 7.73. The van der Waals surface area contributed by atoms with Gasteiger partial charge in [-0.25, -0.2) is 9.78 Å². The van der Waals surface area contributed by atoms with E-state index < -0.39 is 5.60 Å². The van der Waals surface area contributed by atoms with Crippen molar-refractivity contribution < 1.29 is 19.1 Å². The van der Waals surface area contributed by atoms with E-state index in [2.05, 4.69) is 42.4 Å². The third-order valence-corrected chi connectivity index (χ3v) is 7.73. The van der Waals surface area contributed by atoms with Crippen molar-refractivity contribution in [1.82, 2.24) is 35.6 Å². The van der Waals surface area contributed by atoms with Gasteiger partial charge in [0, 0.05) is 45.0 Å². The molecule has 3 atom stereocenters. The van der Waals surface area contributed by atoms with Gasteiger partial charge < -0.3 is 29.5 Å². The van der Waals surface area contributed by atoms with Crippen molar-refractivity contribution >= 4 is 34.5 Å². The molecule has 3 aliphatic heterocycles. The standard InChI is InChI=1S/C28H37N9O4/c1-17-14-35(27(39)41-28(2,3)4)11-12-37(17)25-22(13-29-26(38)21-9-10-30-32-21)34-33-20-7-8-23(31-24(20)25)36-15-18-5-6-19(16-36)40-18/h7-10,17-19H,5-6,11-16H2,1-4H3,(H,29,38)(H,30,32)/t17-,18?,19?/m1/s1. The topological polar surface area (TPSA) is 142 Å². The molecule has 13 nitrogen and oxygen atoms in total. The summed E-state index contributed by atoms with van der Waals surface area (Å²) in [6, 6.07) is 5.51. The fourth-order valence-corrected chi connectivity index (χ4v) is 5.82. The molecule has 0 saturated carbocycles. The lowest BCUT2D eigenvalue weighted by molar-refractivity contribution is 0.0218. The Kier molecular flexibility index (Phi) is 7.14. The molecule has 41 heavy (non-hydrogen) atoms. The van der Waals surface area contributed by atoms with E-state index in [9.17, 15) is 9.59 Å². The Hall–Kier alpha value is -4.00. The zero-order chi connectivity index (χ0) is 28.7. The summed E-state index contributed by atoms with van der Waals surface area (Å²) in [5.74, 6) is 0.586. The van der Waals surface area contributed by atoms with Gasteiger partial charge in [0.05, 0.1) is 24.4 Å².